The molecule has 0 aromatic carbocycles. The van der Waals surface area contributed by atoms with Crippen LogP contribution in [0.1, 0.15) is 39.5 Å². The molecule has 1 aliphatic heterocycles. The maximum atomic E-state index is 11.4. The summed E-state index contributed by atoms with van der Waals surface area (Å²) >= 11 is 0. The second kappa shape index (κ2) is 3.46. The molecule has 12 heavy (non-hydrogen) atoms. The Labute approximate surface area is 74.9 Å². The van der Waals surface area contributed by atoms with Crippen molar-refractivity contribution in [3.05, 3.63) is 0 Å². The van der Waals surface area contributed by atoms with Crippen LogP contribution in [-0.4, -0.2) is 24.4 Å². The van der Waals surface area contributed by atoms with Crippen molar-refractivity contribution in [1.29, 1.82) is 0 Å². The van der Waals surface area contributed by atoms with E-state index in [9.17, 15) is 4.79 Å². The minimum absolute atomic E-state index is 0.308. The van der Waals surface area contributed by atoms with Gasteiger partial charge in [0.25, 0.3) is 0 Å². The first-order valence-corrected chi connectivity index (χ1v) is 4.75. The number of carbonyl (C=O) groups is 1. The number of hydrogen-bond donors (Lipinski definition) is 0. The number of hydrogen-bond acceptors (Lipinski definition) is 1. The van der Waals surface area contributed by atoms with E-state index in [1.807, 2.05) is 11.9 Å². The van der Waals surface area contributed by atoms with E-state index in [1.54, 1.807) is 0 Å². The topological polar surface area (TPSA) is 20.3 Å². The van der Waals surface area contributed by atoms with E-state index in [-0.39, 0.29) is 0 Å². The maximum absolute atomic E-state index is 11.4. The normalized spacial score (nSPS) is 24.9. The van der Waals surface area contributed by atoms with Crippen LogP contribution in [0.4, 0.5) is 0 Å². The van der Waals surface area contributed by atoms with Gasteiger partial charge in [0, 0.05) is 20.0 Å². The monoisotopic (exact) mass is 169 g/mol. The van der Waals surface area contributed by atoms with E-state index < -0.39 is 0 Å². The second-order valence-corrected chi connectivity index (χ2v) is 4.62. The van der Waals surface area contributed by atoms with Gasteiger partial charge in [-0.25, -0.2) is 0 Å². The highest BCUT2D eigenvalue weighted by Crippen LogP contribution is 2.26. The lowest BCUT2D eigenvalue weighted by Gasteiger charge is -2.32. The zero-order valence-corrected chi connectivity index (χ0v) is 8.39. The van der Waals surface area contributed by atoms with Gasteiger partial charge in [-0.2, -0.15) is 0 Å². The molecule has 2 heteroatoms. The standard InChI is InChI=1S/C10H19NO/c1-10(2)7-5-4-6-9(12)11(3)8-10/h4-8H2,1-3H3. The van der Waals surface area contributed by atoms with Gasteiger partial charge in [-0.05, 0) is 18.3 Å². The van der Waals surface area contributed by atoms with Gasteiger partial charge in [0.2, 0.25) is 5.91 Å². The minimum Gasteiger partial charge on any atom is -0.345 e. The summed E-state index contributed by atoms with van der Waals surface area (Å²) < 4.78 is 0. The van der Waals surface area contributed by atoms with Crippen molar-refractivity contribution in [3.63, 3.8) is 0 Å². The molecule has 0 bridgehead atoms. The minimum atomic E-state index is 0.308. The molecule has 0 radical (unpaired) electrons. The Hall–Kier alpha value is -0.530. The largest absolute Gasteiger partial charge is 0.345 e. The Balaban J connectivity index is 2.59. The van der Waals surface area contributed by atoms with E-state index in [0.717, 1.165) is 19.4 Å². The van der Waals surface area contributed by atoms with E-state index in [2.05, 4.69) is 13.8 Å². The molecule has 70 valence electrons. The van der Waals surface area contributed by atoms with Crippen molar-refractivity contribution in [2.75, 3.05) is 13.6 Å². The number of rotatable bonds is 0. The van der Waals surface area contributed by atoms with Crippen LogP contribution >= 0.6 is 0 Å². The summed E-state index contributed by atoms with van der Waals surface area (Å²) in [4.78, 5) is 13.3. The molecule has 0 spiro atoms. The van der Waals surface area contributed by atoms with Crippen molar-refractivity contribution in [2.45, 2.75) is 39.5 Å². The Kier molecular flexibility index (Phi) is 2.76. The lowest BCUT2D eigenvalue weighted by Crippen LogP contribution is -2.37. The fraction of sp³-hybridized carbons (Fsp3) is 0.900. The van der Waals surface area contributed by atoms with E-state index in [4.69, 9.17) is 0 Å². The van der Waals surface area contributed by atoms with E-state index in [1.165, 1.54) is 12.8 Å². The van der Waals surface area contributed by atoms with Crippen molar-refractivity contribution >= 4 is 5.91 Å². The Bertz CT molecular complexity index is 175. The molecule has 1 fully saturated rings. The third-order valence-corrected chi connectivity index (χ3v) is 2.59. The van der Waals surface area contributed by atoms with Crippen LogP contribution in [0.3, 0.4) is 0 Å². The van der Waals surface area contributed by atoms with Crippen LogP contribution in [0, 0.1) is 5.41 Å². The lowest BCUT2D eigenvalue weighted by atomic mass is 9.85. The summed E-state index contributed by atoms with van der Waals surface area (Å²) in [6.45, 7) is 5.38. The molecule has 1 amide bonds. The molecule has 1 rings (SSSR count). The molecule has 0 unspecified atom stereocenters. The third kappa shape index (κ3) is 2.50. The van der Waals surface area contributed by atoms with Crippen LogP contribution in [0.15, 0.2) is 0 Å². The second-order valence-electron chi connectivity index (χ2n) is 4.62. The zero-order valence-electron chi connectivity index (χ0n) is 8.39. The molecule has 0 aromatic heterocycles. The van der Waals surface area contributed by atoms with E-state index in [0.29, 0.717) is 11.3 Å². The maximum Gasteiger partial charge on any atom is 0.222 e. The highest BCUT2D eigenvalue weighted by molar-refractivity contribution is 5.75. The Morgan fingerprint density at radius 3 is 2.67 bits per heavy atom. The molecule has 0 atom stereocenters. The number of nitrogens with zero attached hydrogens (tertiary/aromatic N) is 1. The molecule has 2 nitrogen and oxygen atoms in total. The summed E-state index contributed by atoms with van der Waals surface area (Å²) in [5.74, 6) is 0.308. The average molecular weight is 169 g/mol. The molecular weight excluding hydrogens is 150 g/mol. The van der Waals surface area contributed by atoms with Gasteiger partial charge in [-0.1, -0.05) is 20.3 Å². The summed E-state index contributed by atoms with van der Waals surface area (Å²) in [6, 6.07) is 0. The molecule has 1 heterocycles. The van der Waals surface area contributed by atoms with Gasteiger partial charge in [0.15, 0.2) is 0 Å². The first kappa shape index (κ1) is 9.56. The van der Waals surface area contributed by atoms with Crippen LogP contribution < -0.4 is 0 Å². The van der Waals surface area contributed by atoms with Gasteiger partial charge < -0.3 is 4.90 Å². The number of likely N-dealkylation sites (tertiary alicyclic amines) is 1. The highest BCUT2D eigenvalue weighted by Gasteiger charge is 2.24. The molecular formula is C10H19NO. The van der Waals surface area contributed by atoms with Crippen molar-refractivity contribution in [1.82, 2.24) is 4.90 Å². The van der Waals surface area contributed by atoms with Gasteiger partial charge in [-0.3, -0.25) is 4.79 Å². The van der Waals surface area contributed by atoms with Crippen molar-refractivity contribution in [3.8, 4) is 0 Å². The number of amides is 1. The smallest absolute Gasteiger partial charge is 0.222 e. The lowest BCUT2D eigenvalue weighted by molar-refractivity contribution is -0.132. The van der Waals surface area contributed by atoms with Crippen molar-refractivity contribution in [2.24, 2.45) is 5.41 Å². The van der Waals surface area contributed by atoms with Crippen LogP contribution in [0.25, 0.3) is 0 Å². The fourth-order valence-electron chi connectivity index (χ4n) is 1.88. The SMILES string of the molecule is CN1CC(C)(C)CCCCC1=O. The van der Waals surface area contributed by atoms with Crippen molar-refractivity contribution < 1.29 is 4.79 Å². The highest BCUT2D eigenvalue weighted by atomic mass is 16.2. The van der Waals surface area contributed by atoms with Crippen LogP contribution in [0.2, 0.25) is 0 Å². The van der Waals surface area contributed by atoms with Gasteiger partial charge in [0.05, 0.1) is 0 Å². The first-order chi connectivity index (χ1) is 5.51. The predicted molar refractivity (Wildman–Crippen MR) is 49.9 cm³/mol. The molecule has 1 saturated heterocycles. The zero-order chi connectivity index (χ0) is 9.19. The molecule has 1 aliphatic rings. The van der Waals surface area contributed by atoms with Gasteiger partial charge in [0.1, 0.15) is 0 Å². The van der Waals surface area contributed by atoms with Crippen LogP contribution in [0.5, 0.6) is 0 Å². The summed E-state index contributed by atoms with van der Waals surface area (Å²) in [6.07, 6.45) is 4.25. The fourth-order valence-corrected chi connectivity index (χ4v) is 1.88. The van der Waals surface area contributed by atoms with Gasteiger partial charge in [-0.15, -0.1) is 0 Å². The molecule has 0 aliphatic carbocycles. The summed E-state index contributed by atoms with van der Waals surface area (Å²) in [7, 11) is 1.91. The molecule has 0 aromatic rings. The van der Waals surface area contributed by atoms with E-state index >= 15 is 0 Å². The Morgan fingerprint density at radius 1 is 1.33 bits per heavy atom. The predicted octanol–water partition coefficient (Wildman–Crippen LogP) is 2.04. The summed E-state index contributed by atoms with van der Waals surface area (Å²) in [5.41, 5.74) is 0.310. The summed E-state index contributed by atoms with van der Waals surface area (Å²) in [5, 5.41) is 0. The molecule has 0 N–H and O–H groups in total. The number of carbonyl (C=O) groups excluding carboxylic acids is 1. The first-order valence-electron chi connectivity index (χ1n) is 4.75. The average Bonchev–Trinajstić information content (AvgIpc) is 1.95. The Morgan fingerprint density at radius 2 is 2.00 bits per heavy atom. The van der Waals surface area contributed by atoms with Gasteiger partial charge >= 0.3 is 0 Å². The quantitative estimate of drug-likeness (QED) is 0.543. The molecule has 0 saturated carbocycles. The van der Waals surface area contributed by atoms with Crippen LogP contribution in [-0.2, 0) is 4.79 Å². The third-order valence-electron chi connectivity index (χ3n) is 2.59.